The van der Waals surface area contributed by atoms with Gasteiger partial charge in [0.15, 0.2) is 5.78 Å². The Labute approximate surface area is 122 Å². The Morgan fingerprint density at radius 2 is 1.85 bits per heavy atom. The zero-order valence-electron chi connectivity index (χ0n) is 12.3. The third kappa shape index (κ3) is 2.90. The van der Waals surface area contributed by atoms with Gasteiger partial charge in [-0.2, -0.15) is 0 Å². The smallest absolute Gasteiger partial charge is 0.164 e. The highest BCUT2D eigenvalue weighted by atomic mass is 32.2. The second kappa shape index (κ2) is 5.75. The molecule has 5 nitrogen and oxygen atoms in total. The number of carbonyl (C=O) groups is 1. The van der Waals surface area contributed by atoms with Gasteiger partial charge in [0.25, 0.3) is 0 Å². The fourth-order valence-electron chi connectivity index (χ4n) is 2.04. The van der Waals surface area contributed by atoms with Crippen LogP contribution in [-0.4, -0.2) is 20.9 Å². The second-order valence-corrected chi connectivity index (χ2v) is 5.65. The Balaban J connectivity index is 2.32. The van der Waals surface area contributed by atoms with Gasteiger partial charge in [-0.1, -0.05) is 5.16 Å². The standard InChI is InChI=1S/C14H17N3O2S/c1-7-12(10(4)19-17-7)6-20-14-13(9(3)18)8(2)15-11(5)16-14/h6H2,1-5H3. The van der Waals surface area contributed by atoms with E-state index in [1.54, 1.807) is 6.92 Å². The number of carbonyl (C=O) groups excluding carboxylic acids is 1. The van der Waals surface area contributed by atoms with E-state index < -0.39 is 0 Å². The maximum absolute atomic E-state index is 11.8. The van der Waals surface area contributed by atoms with Gasteiger partial charge < -0.3 is 4.52 Å². The molecule has 0 amide bonds. The van der Waals surface area contributed by atoms with Crippen LogP contribution >= 0.6 is 11.8 Å². The Hall–Kier alpha value is -1.69. The van der Waals surface area contributed by atoms with Gasteiger partial charge in [-0.05, 0) is 34.6 Å². The minimum absolute atomic E-state index is 0.0104. The van der Waals surface area contributed by atoms with Crippen LogP contribution in [0.5, 0.6) is 0 Å². The van der Waals surface area contributed by atoms with Crippen molar-refractivity contribution in [3.05, 3.63) is 34.1 Å². The number of hydrogen-bond acceptors (Lipinski definition) is 6. The molecular formula is C14H17N3O2S. The lowest BCUT2D eigenvalue weighted by Crippen LogP contribution is -2.06. The van der Waals surface area contributed by atoms with Gasteiger partial charge in [0.2, 0.25) is 0 Å². The topological polar surface area (TPSA) is 68.9 Å². The summed E-state index contributed by atoms with van der Waals surface area (Å²) in [4.78, 5) is 20.4. The molecule has 2 aromatic rings. The van der Waals surface area contributed by atoms with Crippen molar-refractivity contribution in [2.24, 2.45) is 0 Å². The monoisotopic (exact) mass is 291 g/mol. The fraction of sp³-hybridized carbons (Fsp3) is 0.429. The summed E-state index contributed by atoms with van der Waals surface area (Å²) in [6.07, 6.45) is 0. The van der Waals surface area contributed by atoms with Crippen LogP contribution in [0.2, 0.25) is 0 Å². The zero-order valence-corrected chi connectivity index (χ0v) is 13.1. The molecule has 0 aliphatic heterocycles. The maximum atomic E-state index is 11.8. The number of ketones is 1. The van der Waals surface area contributed by atoms with Crippen LogP contribution in [0.25, 0.3) is 0 Å². The SMILES string of the molecule is CC(=O)c1c(C)nc(C)nc1SCc1c(C)noc1C. The molecule has 106 valence electrons. The van der Waals surface area contributed by atoms with E-state index in [0.717, 1.165) is 27.7 Å². The van der Waals surface area contributed by atoms with Crippen LogP contribution in [-0.2, 0) is 5.75 Å². The van der Waals surface area contributed by atoms with Gasteiger partial charge in [0.05, 0.1) is 17.0 Å². The molecule has 0 bridgehead atoms. The number of Topliss-reactive ketones (excluding diaryl/α,β-unsaturated/α-hetero) is 1. The number of aromatic nitrogens is 3. The first kappa shape index (κ1) is 14.7. The second-order valence-electron chi connectivity index (χ2n) is 4.68. The third-order valence-electron chi connectivity index (χ3n) is 3.06. The van der Waals surface area contributed by atoms with Crippen molar-refractivity contribution in [2.45, 2.75) is 45.4 Å². The first-order valence-corrected chi connectivity index (χ1v) is 7.29. The van der Waals surface area contributed by atoms with Crippen molar-refractivity contribution in [2.75, 3.05) is 0 Å². The van der Waals surface area contributed by atoms with E-state index >= 15 is 0 Å². The summed E-state index contributed by atoms with van der Waals surface area (Å²) in [7, 11) is 0. The van der Waals surface area contributed by atoms with Gasteiger partial charge in [-0.25, -0.2) is 9.97 Å². The lowest BCUT2D eigenvalue weighted by molar-refractivity contribution is 0.101. The van der Waals surface area contributed by atoms with Gasteiger partial charge in [0, 0.05) is 11.3 Å². The van der Waals surface area contributed by atoms with Crippen molar-refractivity contribution in [1.82, 2.24) is 15.1 Å². The molecule has 6 heteroatoms. The maximum Gasteiger partial charge on any atom is 0.164 e. The summed E-state index contributed by atoms with van der Waals surface area (Å²) in [6, 6.07) is 0. The highest BCUT2D eigenvalue weighted by molar-refractivity contribution is 7.98. The molecule has 0 saturated heterocycles. The molecule has 2 heterocycles. The minimum Gasteiger partial charge on any atom is -0.361 e. The summed E-state index contributed by atoms with van der Waals surface area (Å²) in [5.41, 5.74) is 3.26. The minimum atomic E-state index is -0.0104. The summed E-state index contributed by atoms with van der Waals surface area (Å²) >= 11 is 1.52. The highest BCUT2D eigenvalue weighted by Crippen LogP contribution is 2.28. The van der Waals surface area contributed by atoms with Crippen molar-refractivity contribution in [1.29, 1.82) is 0 Å². The molecule has 0 aliphatic rings. The molecule has 2 rings (SSSR count). The van der Waals surface area contributed by atoms with Crippen LogP contribution in [0.15, 0.2) is 9.55 Å². The van der Waals surface area contributed by atoms with Gasteiger partial charge in [-0.15, -0.1) is 11.8 Å². The van der Waals surface area contributed by atoms with E-state index in [2.05, 4.69) is 15.1 Å². The first-order valence-electron chi connectivity index (χ1n) is 6.31. The lowest BCUT2D eigenvalue weighted by Gasteiger charge is -2.09. The summed E-state index contributed by atoms with van der Waals surface area (Å²) in [6.45, 7) is 9.01. The molecule has 0 spiro atoms. The van der Waals surface area contributed by atoms with E-state index in [9.17, 15) is 4.79 Å². The van der Waals surface area contributed by atoms with Gasteiger partial charge >= 0.3 is 0 Å². The summed E-state index contributed by atoms with van der Waals surface area (Å²) in [5, 5.41) is 4.66. The van der Waals surface area contributed by atoms with E-state index in [-0.39, 0.29) is 5.78 Å². The predicted molar refractivity (Wildman–Crippen MR) is 77.0 cm³/mol. The number of hydrogen-bond donors (Lipinski definition) is 0. The molecule has 0 unspecified atom stereocenters. The van der Waals surface area contributed by atoms with Gasteiger partial charge in [-0.3, -0.25) is 4.79 Å². The van der Waals surface area contributed by atoms with E-state index in [1.165, 1.54) is 11.8 Å². The first-order chi connectivity index (χ1) is 9.40. The van der Waals surface area contributed by atoms with E-state index in [4.69, 9.17) is 4.52 Å². The van der Waals surface area contributed by atoms with Crippen LogP contribution in [0, 0.1) is 27.7 Å². The molecule has 0 atom stereocenters. The molecule has 20 heavy (non-hydrogen) atoms. The Bertz CT molecular complexity index is 645. The van der Waals surface area contributed by atoms with E-state index in [1.807, 2.05) is 27.7 Å². The Morgan fingerprint density at radius 1 is 1.15 bits per heavy atom. The van der Waals surface area contributed by atoms with Gasteiger partial charge in [0.1, 0.15) is 16.6 Å². The van der Waals surface area contributed by atoms with Crippen molar-refractivity contribution in [3.63, 3.8) is 0 Å². The molecule has 0 aliphatic carbocycles. The average molecular weight is 291 g/mol. The summed E-state index contributed by atoms with van der Waals surface area (Å²) in [5.74, 6) is 2.15. The molecule has 0 fully saturated rings. The highest BCUT2D eigenvalue weighted by Gasteiger charge is 2.17. The molecule has 2 aromatic heterocycles. The number of thioether (sulfide) groups is 1. The van der Waals surface area contributed by atoms with Crippen LogP contribution < -0.4 is 0 Å². The zero-order chi connectivity index (χ0) is 14.9. The van der Waals surface area contributed by atoms with Crippen LogP contribution in [0.4, 0.5) is 0 Å². The van der Waals surface area contributed by atoms with Crippen LogP contribution in [0.3, 0.4) is 0 Å². The Morgan fingerprint density at radius 3 is 2.40 bits per heavy atom. The average Bonchev–Trinajstić information content (AvgIpc) is 2.65. The van der Waals surface area contributed by atoms with Crippen molar-refractivity contribution >= 4 is 17.5 Å². The number of rotatable bonds is 4. The molecule has 0 radical (unpaired) electrons. The van der Waals surface area contributed by atoms with Crippen LogP contribution in [0.1, 0.15) is 45.8 Å². The number of nitrogens with zero attached hydrogens (tertiary/aromatic N) is 3. The largest absolute Gasteiger partial charge is 0.361 e. The lowest BCUT2D eigenvalue weighted by atomic mass is 10.2. The van der Waals surface area contributed by atoms with Crippen molar-refractivity contribution in [3.8, 4) is 0 Å². The van der Waals surface area contributed by atoms with Crippen molar-refractivity contribution < 1.29 is 9.32 Å². The number of aryl methyl sites for hydroxylation is 4. The predicted octanol–water partition coefficient (Wildman–Crippen LogP) is 3.19. The molecule has 0 aromatic carbocycles. The van der Waals surface area contributed by atoms with E-state index in [0.29, 0.717) is 17.1 Å². The Kier molecular flexibility index (Phi) is 4.23. The summed E-state index contributed by atoms with van der Waals surface area (Å²) < 4.78 is 5.15. The molecule has 0 saturated carbocycles. The molecule has 0 N–H and O–H groups in total. The third-order valence-corrected chi connectivity index (χ3v) is 4.06. The molecular weight excluding hydrogens is 274 g/mol. The fourth-order valence-corrected chi connectivity index (χ4v) is 3.37. The quantitative estimate of drug-likeness (QED) is 0.489. The normalized spacial score (nSPS) is 10.8.